The van der Waals surface area contributed by atoms with Gasteiger partial charge in [-0.05, 0) is 42.7 Å². The fourth-order valence-corrected chi connectivity index (χ4v) is 3.73. The predicted molar refractivity (Wildman–Crippen MR) is 95.3 cm³/mol. The first kappa shape index (κ1) is 17.0. The first-order chi connectivity index (χ1) is 12.3. The molecule has 2 aliphatic heterocycles. The fraction of sp³-hybridized carbons (Fsp3) is 0.650. The molecule has 1 aromatic rings. The highest BCUT2D eigenvalue weighted by atomic mass is 16.5. The lowest BCUT2D eigenvalue weighted by molar-refractivity contribution is -0.127. The molecule has 1 aliphatic carbocycles. The third-order valence-corrected chi connectivity index (χ3v) is 5.47. The Morgan fingerprint density at radius 3 is 2.92 bits per heavy atom. The zero-order chi connectivity index (χ0) is 17.1. The van der Waals surface area contributed by atoms with E-state index in [1.165, 1.54) is 24.0 Å². The monoisotopic (exact) mass is 344 g/mol. The van der Waals surface area contributed by atoms with E-state index in [1.54, 1.807) is 0 Å². The number of fused-ring (bicyclic) bond motifs is 1. The highest BCUT2D eigenvalue weighted by molar-refractivity contribution is 5.78. The van der Waals surface area contributed by atoms with Crippen molar-refractivity contribution in [1.82, 2.24) is 10.2 Å². The molecular weight excluding hydrogens is 316 g/mol. The minimum absolute atomic E-state index is 0.000354. The third-order valence-electron chi connectivity index (χ3n) is 5.47. The van der Waals surface area contributed by atoms with Gasteiger partial charge in [0.2, 0.25) is 5.91 Å². The van der Waals surface area contributed by atoms with E-state index in [1.807, 2.05) is 0 Å². The Bertz CT molecular complexity index is 602. The predicted octanol–water partition coefficient (Wildman–Crippen LogP) is 1.74. The van der Waals surface area contributed by atoms with Crippen LogP contribution >= 0.6 is 0 Å². The summed E-state index contributed by atoms with van der Waals surface area (Å²) in [6.07, 6.45) is 4.42. The van der Waals surface area contributed by atoms with E-state index in [2.05, 4.69) is 34.5 Å². The van der Waals surface area contributed by atoms with Crippen molar-refractivity contribution in [2.75, 3.05) is 32.9 Å². The minimum atomic E-state index is 0.000354. The van der Waals surface area contributed by atoms with E-state index < -0.39 is 0 Å². The zero-order valence-electron chi connectivity index (χ0n) is 14.8. The fourth-order valence-electron chi connectivity index (χ4n) is 3.73. The van der Waals surface area contributed by atoms with E-state index in [-0.39, 0.29) is 18.1 Å². The maximum Gasteiger partial charge on any atom is 0.234 e. The number of nitrogens with zero attached hydrogens (tertiary/aromatic N) is 1. The van der Waals surface area contributed by atoms with Crippen LogP contribution in [0.25, 0.3) is 0 Å². The summed E-state index contributed by atoms with van der Waals surface area (Å²) in [7, 11) is 0. The van der Waals surface area contributed by atoms with Crippen molar-refractivity contribution >= 4 is 5.91 Å². The molecule has 4 rings (SSSR count). The van der Waals surface area contributed by atoms with Gasteiger partial charge in [0, 0.05) is 26.3 Å². The summed E-state index contributed by atoms with van der Waals surface area (Å²) >= 11 is 0. The van der Waals surface area contributed by atoms with E-state index in [0.717, 1.165) is 38.5 Å². The average Bonchev–Trinajstić information content (AvgIpc) is 3.45. The summed E-state index contributed by atoms with van der Waals surface area (Å²) in [5.41, 5.74) is 2.76. The number of rotatable bonds is 6. The van der Waals surface area contributed by atoms with Crippen LogP contribution in [0.4, 0.5) is 0 Å². The third kappa shape index (κ3) is 4.60. The number of benzene rings is 1. The van der Waals surface area contributed by atoms with Crippen LogP contribution in [0.5, 0.6) is 0 Å². The summed E-state index contributed by atoms with van der Waals surface area (Å²) in [5, 5.41) is 3.20. The van der Waals surface area contributed by atoms with Gasteiger partial charge < -0.3 is 14.8 Å². The van der Waals surface area contributed by atoms with Gasteiger partial charge >= 0.3 is 0 Å². The lowest BCUT2D eigenvalue weighted by atomic mass is 10.00. The van der Waals surface area contributed by atoms with Gasteiger partial charge in [-0.15, -0.1) is 0 Å². The Kier molecular flexibility index (Phi) is 5.34. The van der Waals surface area contributed by atoms with Crippen LogP contribution in [0.2, 0.25) is 0 Å². The van der Waals surface area contributed by atoms with Crippen LogP contribution in [0.3, 0.4) is 0 Å². The molecule has 0 radical (unpaired) electrons. The van der Waals surface area contributed by atoms with Crippen LogP contribution in [-0.2, 0) is 27.2 Å². The van der Waals surface area contributed by atoms with Crippen LogP contribution in [0.15, 0.2) is 24.3 Å². The summed E-state index contributed by atoms with van der Waals surface area (Å²) in [6, 6.07) is 8.60. The number of amides is 1. The molecule has 0 aromatic heterocycles. The molecule has 0 unspecified atom stereocenters. The van der Waals surface area contributed by atoms with Crippen molar-refractivity contribution in [1.29, 1.82) is 0 Å². The molecule has 1 amide bonds. The van der Waals surface area contributed by atoms with Crippen molar-refractivity contribution in [2.45, 2.75) is 44.4 Å². The Balaban J connectivity index is 1.27. The normalized spacial score (nSPS) is 26.9. The summed E-state index contributed by atoms with van der Waals surface area (Å²) in [6.45, 7) is 4.36. The van der Waals surface area contributed by atoms with Gasteiger partial charge in [0.25, 0.3) is 0 Å². The first-order valence-corrected chi connectivity index (χ1v) is 9.56. The van der Waals surface area contributed by atoms with Gasteiger partial charge in [-0.1, -0.05) is 24.3 Å². The lowest BCUT2D eigenvalue weighted by Crippen LogP contribution is -2.52. The average molecular weight is 344 g/mol. The molecule has 1 N–H and O–H groups in total. The number of carbonyl (C=O) groups excluding carboxylic acids is 1. The Labute approximate surface area is 149 Å². The Morgan fingerprint density at radius 1 is 1.24 bits per heavy atom. The number of nitrogens with one attached hydrogen (secondary N) is 1. The Morgan fingerprint density at radius 2 is 2.08 bits per heavy atom. The van der Waals surface area contributed by atoms with Crippen molar-refractivity contribution in [3.63, 3.8) is 0 Å². The maximum absolute atomic E-state index is 12.5. The molecule has 25 heavy (non-hydrogen) atoms. The standard InChI is InChI=1S/C20H28N2O3/c23-20(12-22-9-7-16-3-1-2-4-17(16)11-22)21-18-8-10-24-14-19(18)25-13-15-5-6-15/h1-4,15,18-19H,5-14H2,(H,21,23)/t18-,19-/m1/s1. The van der Waals surface area contributed by atoms with Gasteiger partial charge in [0.15, 0.2) is 0 Å². The number of carbonyl (C=O) groups is 1. The summed E-state index contributed by atoms with van der Waals surface area (Å²) < 4.78 is 11.6. The van der Waals surface area contributed by atoms with Gasteiger partial charge in [-0.3, -0.25) is 9.69 Å². The number of ether oxygens (including phenoxy) is 2. The molecule has 1 saturated heterocycles. The van der Waals surface area contributed by atoms with E-state index in [0.29, 0.717) is 19.8 Å². The molecule has 2 atom stereocenters. The Hall–Kier alpha value is -1.43. The van der Waals surface area contributed by atoms with E-state index in [9.17, 15) is 4.79 Å². The van der Waals surface area contributed by atoms with E-state index >= 15 is 0 Å². The van der Waals surface area contributed by atoms with Crippen molar-refractivity contribution in [3.8, 4) is 0 Å². The van der Waals surface area contributed by atoms with Crippen molar-refractivity contribution in [2.24, 2.45) is 5.92 Å². The molecule has 5 heteroatoms. The molecule has 0 spiro atoms. The molecule has 0 bridgehead atoms. The smallest absolute Gasteiger partial charge is 0.234 e. The largest absolute Gasteiger partial charge is 0.379 e. The highest BCUT2D eigenvalue weighted by Gasteiger charge is 2.31. The lowest BCUT2D eigenvalue weighted by Gasteiger charge is -2.33. The van der Waals surface area contributed by atoms with Gasteiger partial charge in [-0.25, -0.2) is 0 Å². The second-order valence-electron chi connectivity index (χ2n) is 7.58. The second-order valence-corrected chi connectivity index (χ2v) is 7.58. The topological polar surface area (TPSA) is 50.8 Å². The van der Waals surface area contributed by atoms with E-state index in [4.69, 9.17) is 9.47 Å². The van der Waals surface area contributed by atoms with Crippen LogP contribution < -0.4 is 5.32 Å². The molecular formula is C20H28N2O3. The van der Waals surface area contributed by atoms with Gasteiger partial charge in [0.05, 0.1) is 19.2 Å². The molecule has 2 heterocycles. The second kappa shape index (κ2) is 7.85. The molecule has 2 fully saturated rings. The maximum atomic E-state index is 12.5. The van der Waals surface area contributed by atoms with Crippen molar-refractivity contribution in [3.05, 3.63) is 35.4 Å². The summed E-state index contributed by atoms with van der Waals surface area (Å²) in [5.74, 6) is 0.831. The number of hydrogen-bond donors (Lipinski definition) is 1. The van der Waals surface area contributed by atoms with Gasteiger partial charge in [-0.2, -0.15) is 0 Å². The van der Waals surface area contributed by atoms with Crippen LogP contribution in [-0.4, -0.2) is 55.9 Å². The quantitative estimate of drug-likeness (QED) is 0.854. The SMILES string of the molecule is O=C(CN1CCc2ccccc2C1)N[C@@H]1CCOC[C@H]1OCC1CC1. The van der Waals surface area contributed by atoms with Crippen molar-refractivity contribution < 1.29 is 14.3 Å². The van der Waals surface area contributed by atoms with Gasteiger partial charge in [0.1, 0.15) is 6.10 Å². The number of hydrogen-bond acceptors (Lipinski definition) is 4. The first-order valence-electron chi connectivity index (χ1n) is 9.56. The molecule has 136 valence electrons. The zero-order valence-corrected chi connectivity index (χ0v) is 14.8. The molecule has 1 aromatic carbocycles. The highest BCUT2D eigenvalue weighted by Crippen LogP contribution is 2.29. The summed E-state index contributed by atoms with van der Waals surface area (Å²) in [4.78, 5) is 14.8. The van der Waals surface area contributed by atoms with Crippen LogP contribution in [0.1, 0.15) is 30.4 Å². The molecule has 1 saturated carbocycles. The van der Waals surface area contributed by atoms with Crippen LogP contribution in [0, 0.1) is 5.92 Å². The molecule has 5 nitrogen and oxygen atoms in total. The minimum Gasteiger partial charge on any atom is -0.379 e. The molecule has 3 aliphatic rings.